The lowest BCUT2D eigenvalue weighted by Gasteiger charge is -2.30. The van der Waals surface area contributed by atoms with Crippen molar-refractivity contribution >= 4 is 11.9 Å². The molecule has 3 N–H and O–H groups in total. The lowest BCUT2D eigenvalue weighted by atomic mass is 9.90. The second-order valence-electron chi connectivity index (χ2n) is 6.52. The van der Waals surface area contributed by atoms with E-state index in [9.17, 15) is 14.7 Å². The molecule has 2 aromatic rings. The van der Waals surface area contributed by atoms with Crippen molar-refractivity contribution in [1.82, 2.24) is 5.32 Å². The summed E-state index contributed by atoms with van der Waals surface area (Å²) in [5.74, 6) is -1.24. The number of aromatic carboxylic acids is 1. The highest BCUT2D eigenvalue weighted by Crippen LogP contribution is 2.23. The predicted molar refractivity (Wildman–Crippen MR) is 95.6 cm³/mol. The molecular formula is C20H23NO4. The highest BCUT2D eigenvalue weighted by molar-refractivity contribution is 5.87. The number of amides is 1. The number of aliphatic hydroxyl groups excluding tert-OH is 1. The van der Waals surface area contributed by atoms with Gasteiger partial charge in [-0.15, -0.1) is 0 Å². The van der Waals surface area contributed by atoms with Crippen molar-refractivity contribution in [3.8, 4) is 0 Å². The highest BCUT2D eigenvalue weighted by Gasteiger charge is 2.28. The molecule has 1 unspecified atom stereocenters. The highest BCUT2D eigenvalue weighted by atomic mass is 16.4. The molecule has 0 heterocycles. The van der Waals surface area contributed by atoms with Crippen LogP contribution in [0.5, 0.6) is 0 Å². The lowest BCUT2D eigenvalue weighted by Crippen LogP contribution is -2.47. The molecule has 132 valence electrons. The Labute approximate surface area is 147 Å². The fraction of sp³-hybridized carbons (Fsp3) is 0.300. The number of carboxylic acid groups (broad SMARTS) is 1. The van der Waals surface area contributed by atoms with Crippen molar-refractivity contribution in [3.05, 3.63) is 70.3 Å². The van der Waals surface area contributed by atoms with Crippen molar-refractivity contribution in [2.24, 2.45) is 0 Å². The molecule has 25 heavy (non-hydrogen) atoms. The average molecular weight is 341 g/mol. The van der Waals surface area contributed by atoms with Gasteiger partial charge in [-0.3, -0.25) is 4.79 Å². The summed E-state index contributed by atoms with van der Waals surface area (Å²) in [6.45, 7) is 5.55. The minimum absolute atomic E-state index is 0.111. The number of aliphatic hydroxyl groups is 1. The van der Waals surface area contributed by atoms with Crippen molar-refractivity contribution in [2.45, 2.75) is 32.7 Å². The molecule has 5 heteroatoms. The third-order valence-electron chi connectivity index (χ3n) is 4.44. The first-order chi connectivity index (χ1) is 11.7. The number of rotatable bonds is 6. The summed E-state index contributed by atoms with van der Waals surface area (Å²) >= 11 is 0. The number of hydrogen-bond donors (Lipinski definition) is 3. The third-order valence-corrected chi connectivity index (χ3v) is 4.44. The Bertz CT molecular complexity index is 783. The van der Waals surface area contributed by atoms with E-state index < -0.39 is 11.5 Å². The third kappa shape index (κ3) is 4.45. The molecule has 0 aliphatic rings. The smallest absolute Gasteiger partial charge is 0.335 e. The molecule has 0 spiro atoms. The molecule has 1 amide bonds. The van der Waals surface area contributed by atoms with Gasteiger partial charge in [-0.1, -0.05) is 30.3 Å². The molecule has 0 saturated heterocycles. The molecule has 0 radical (unpaired) electrons. The van der Waals surface area contributed by atoms with Gasteiger partial charge in [0.2, 0.25) is 5.91 Å². The summed E-state index contributed by atoms with van der Waals surface area (Å²) in [6.07, 6.45) is 0.111. The summed E-state index contributed by atoms with van der Waals surface area (Å²) < 4.78 is 0. The van der Waals surface area contributed by atoms with Gasteiger partial charge in [-0.2, -0.15) is 0 Å². The second kappa shape index (κ2) is 7.49. The van der Waals surface area contributed by atoms with Crippen LogP contribution in [-0.2, 0) is 16.8 Å². The van der Waals surface area contributed by atoms with E-state index in [1.807, 2.05) is 32.0 Å². The molecule has 5 nitrogen and oxygen atoms in total. The topological polar surface area (TPSA) is 86.6 Å². The average Bonchev–Trinajstić information content (AvgIpc) is 2.57. The van der Waals surface area contributed by atoms with Gasteiger partial charge in [-0.05, 0) is 55.2 Å². The van der Waals surface area contributed by atoms with Crippen LogP contribution in [0.4, 0.5) is 0 Å². The predicted octanol–water partition coefficient (Wildman–Crippen LogP) is 2.57. The van der Waals surface area contributed by atoms with E-state index in [1.165, 1.54) is 12.1 Å². The van der Waals surface area contributed by atoms with Crippen LogP contribution in [0.25, 0.3) is 0 Å². The molecule has 0 aliphatic carbocycles. The number of carbonyl (C=O) groups excluding carboxylic acids is 1. The van der Waals surface area contributed by atoms with Gasteiger partial charge in [0, 0.05) is 0 Å². The SMILES string of the molecule is Cc1ccc(C(C)(CO)NC(=O)Cc2ccc(C(=O)O)cc2)cc1C. The summed E-state index contributed by atoms with van der Waals surface area (Å²) in [5.41, 5.74) is 3.09. The van der Waals surface area contributed by atoms with Crippen LogP contribution in [0.2, 0.25) is 0 Å². The van der Waals surface area contributed by atoms with Crippen molar-refractivity contribution in [1.29, 1.82) is 0 Å². The van der Waals surface area contributed by atoms with Gasteiger partial charge in [0.25, 0.3) is 0 Å². The molecule has 1 atom stereocenters. The van der Waals surface area contributed by atoms with E-state index in [0.717, 1.165) is 16.7 Å². The number of nitrogens with one attached hydrogen (secondary N) is 1. The Morgan fingerprint density at radius 2 is 1.68 bits per heavy atom. The minimum atomic E-state index is -1.00. The maximum atomic E-state index is 12.4. The summed E-state index contributed by atoms with van der Waals surface area (Å²) in [5, 5.41) is 21.6. The van der Waals surface area contributed by atoms with Gasteiger partial charge in [0.05, 0.1) is 24.1 Å². The van der Waals surface area contributed by atoms with Crippen LogP contribution in [0.15, 0.2) is 42.5 Å². The maximum Gasteiger partial charge on any atom is 0.335 e. The second-order valence-corrected chi connectivity index (χ2v) is 6.52. The zero-order chi connectivity index (χ0) is 18.6. The van der Waals surface area contributed by atoms with Gasteiger partial charge in [0.1, 0.15) is 0 Å². The monoisotopic (exact) mass is 341 g/mol. The first-order valence-electron chi connectivity index (χ1n) is 8.07. The Morgan fingerprint density at radius 1 is 1.04 bits per heavy atom. The number of aryl methyl sites for hydroxylation is 2. The molecule has 0 aliphatic heterocycles. The first kappa shape index (κ1) is 18.7. The van der Waals surface area contributed by atoms with Gasteiger partial charge < -0.3 is 15.5 Å². The maximum absolute atomic E-state index is 12.4. The van der Waals surface area contributed by atoms with Crippen LogP contribution >= 0.6 is 0 Å². The quantitative estimate of drug-likeness (QED) is 0.754. The Balaban J connectivity index is 2.13. The van der Waals surface area contributed by atoms with E-state index >= 15 is 0 Å². The fourth-order valence-corrected chi connectivity index (χ4v) is 2.59. The van der Waals surface area contributed by atoms with Crippen LogP contribution in [0.3, 0.4) is 0 Å². The minimum Gasteiger partial charge on any atom is -0.478 e. The lowest BCUT2D eigenvalue weighted by molar-refractivity contribution is -0.122. The number of carboxylic acids is 1. The van der Waals surface area contributed by atoms with E-state index in [1.54, 1.807) is 19.1 Å². The van der Waals surface area contributed by atoms with E-state index in [-0.39, 0.29) is 24.5 Å². The molecule has 0 fully saturated rings. The normalized spacial score (nSPS) is 13.1. The fourth-order valence-electron chi connectivity index (χ4n) is 2.59. The number of benzene rings is 2. The molecule has 0 aromatic heterocycles. The number of carbonyl (C=O) groups is 2. The van der Waals surface area contributed by atoms with Crippen molar-refractivity contribution in [3.63, 3.8) is 0 Å². The number of hydrogen-bond acceptors (Lipinski definition) is 3. The van der Waals surface area contributed by atoms with Crippen LogP contribution in [0, 0.1) is 13.8 Å². The standard InChI is InChI=1S/C20H23NO4/c1-13-4-9-17(10-14(13)2)20(3,12-22)21-18(23)11-15-5-7-16(8-6-15)19(24)25/h4-10,22H,11-12H2,1-3H3,(H,21,23)(H,24,25). The van der Waals surface area contributed by atoms with E-state index in [2.05, 4.69) is 5.32 Å². The van der Waals surface area contributed by atoms with E-state index in [4.69, 9.17) is 5.11 Å². The summed E-state index contributed by atoms with van der Waals surface area (Å²) in [7, 11) is 0. The largest absolute Gasteiger partial charge is 0.478 e. The molecule has 0 bridgehead atoms. The zero-order valence-corrected chi connectivity index (χ0v) is 14.7. The zero-order valence-electron chi connectivity index (χ0n) is 14.7. The van der Waals surface area contributed by atoms with Crippen molar-refractivity contribution < 1.29 is 19.8 Å². The Hall–Kier alpha value is -2.66. The summed E-state index contributed by atoms with van der Waals surface area (Å²) in [6, 6.07) is 12.0. The van der Waals surface area contributed by atoms with E-state index in [0.29, 0.717) is 5.56 Å². The van der Waals surface area contributed by atoms with Gasteiger partial charge >= 0.3 is 5.97 Å². The Morgan fingerprint density at radius 3 is 2.20 bits per heavy atom. The van der Waals surface area contributed by atoms with Crippen LogP contribution in [-0.4, -0.2) is 28.7 Å². The first-order valence-corrected chi connectivity index (χ1v) is 8.07. The molecular weight excluding hydrogens is 318 g/mol. The molecule has 2 rings (SSSR count). The summed E-state index contributed by atoms with van der Waals surface area (Å²) in [4.78, 5) is 23.3. The van der Waals surface area contributed by atoms with Gasteiger partial charge in [0.15, 0.2) is 0 Å². The van der Waals surface area contributed by atoms with Crippen LogP contribution < -0.4 is 5.32 Å². The van der Waals surface area contributed by atoms with Gasteiger partial charge in [-0.25, -0.2) is 4.79 Å². The molecule has 2 aromatic carbocycles. The van der Waals surface area contributed by atoms with Crippen molar-refractivity contribution in [2.75, 3.05) is 6.61 Å². The van der Waals surface area contributed by atoms with Crippen LogP contribution in [0.1, 0.15) is 39.5 Å². The molecule has 0 saturated carbocycles. The Kier molecular flexibility index (Phi) is 5.59.